The van der Waals surface area contributed by atoms with Crippen molar-refractivity contribution >= 4 is 50.3 Å². The summed E-state index contributed by atoms with van der Waals surface area (Å²) in [6.45, 7) is 4.62. The van der Waals surface area contributed by atoms with Gasteiger partial charge in [-0.2, -0.15) is 0 Å². The van der Waals surface area contributed by atoms with Crippen LogP contribution in [0.1, 0.15) is 90.9 Å². The second-order valence-electron chi connectivity index (χ2n) is 9.50. The maximum Gasteiger partial charge on any atom is 0.119 e. The summed E-state index contributed by atoms with van der Waals surface area (Å²) in [7, 11) is -1.70. The minimum absolute atomic E-state index is 1.21. The lowest BCUT2D eigenvalue weighted by Gasteiger charge is -2.30. The van der Waals surface area contributed by atoms with Crippen LogP contribution in [-0.4, -0.2) is 8.07 Å². The van der Waals surface area contributed by atoms with Gasteiger partial charge < -0.3 is 0 Å². The average molecular weight is 565 g/mol. The SMILES string of the molecule is CCCCCCCC[Si]1(CCCCCCCC)c2ccc(Br)cc2-c2cc(Br)ccc21. The van der Waals surface area contributed by atoms with Crippen LogP contribution in [0, 0.1) is 0 Å². The summed E-state index contributed by atoms with van der Waals surface area (Å²) >= 11 is 7.50. The predicted molar refractivity (Wildman–Crippen MR) is 149 cm³/mol. The Morgan fingerprint density at radius 2 is 0.935 bits per heavy atom. The van der Waals surface area contributed by atoms with Crippen molar-refractivity contribution < 1.29 is 0 Å². The van der Waals surface area contributed by atoms with E-state index < -0.39 is 8.07 Å². The van der Waals surface area contributed by atoms with Crippen LogP contribution in [0.2, 0.25) is 12.1 Å². The van der Waals surface area contributed by atoms with Gasteiger partial charge in [0.2, 0.25) is 0 Å². The largest absolute Gasteiger partial charge is 0.119 e. The van der Waals surface area contributed by atoms with Gasteiger partial charge in [0.25, 0.3) is 0 Å². The van der Waals surface area contributed by atoms with Gasteiger partial charge in [-0.05, 0) is 57.9 Å². The van der Waals surface area contributed by atoms with E-state index in [2.05, 4.69) is 82.1 Å². The normalized spacial score (nSPS) is 13.9. The van der Waals surface area contributed by atoms with E-state index in [1.165, 1.54) is 109 Å². The molecule has 0 amide bonds. The third-order valence-electron chi connectivity index (χ3n) is 7.20. The summed E-state index contributed by atoms with van der Waals surface area (Å²) in [6.07, 6.45) is 16.7. The van der Waals surface area contributed by atoms with Crippen LogP contribution >= 0.6 is 31.9 Å². The van der Waals surface area contributed by atoms with Gasteiger partial charge in [0.15, 0.2) is 0 Å². The molecule has 0 fully saturated rings. The average Bonchev–Trinajstić information content (AvgIpc) is 3.02. The maximum atomic E-state index is 3.75. The van der Waals surface area contributed by atoms with Crippen molar-refractivity contribution in [1.29, 1.82) is 0 Å². The van der Waals surface area contributed by atoms with Crippen molar-refractivity contribution in [2.75, 3.05) is 0 Å². The lowest BCUT2D eigenvalue weighted by Crippen LogP contribution is -2.55. The van der Waals surface area contributed by atoms with Gasteiger partial charge in [0.1, 0.15) is 8.07 Å². The topological polar surface area (TPSA) is 0 Å². The van der Waals surface area contributed by atoms with Gasteiger partial charge in [-0.1, -0.05) is 135 Å². The molecular formula is C28H40Br2Si. The van der Waals surface area contributed by atoms with Crippen molar-refractivity contribution in [2.24, 2.45) is 0 Å². The molecule has 0 nitrogen and oxygen atoms in total. The van der Waals surface area contributed by atoms with Gasteiger partial charge in [0.05, 0.1) is 0 Å². The lowest BCUT2D eigenvalue weighted by molar-refractivity contribution is 0.616. The molecule has 1 aliphatic rings. The number of fused-ring (bicyclic) bond motifs is 3. The molecule has 0 unspecified atom stereocenters. The van der Waals surface area contributed by atoms with E-state index in [1.54, 1.807) is 10.4 Å². The molecule has 1 aliphatic heterocycles. The van der Waals surface area contributed by atoms with Crippen LogP contribution in [0.15, 0.2) is 45.3 Å². The van der Waals surface area contributed by atoms with E-state index in [0.29, 0.717) is 0 Å². The second-order valence-corrected chi connectivity index (χ2v) is 15.6. The highest BCUT2D eigenvalue weighted by atomic mass is 79.9. The Morgan fingerprint density at radius 1 is 0.548 bits per heavy atom. The molecule has 0 radical (unpaired) electrons. The molecule has 0 N–H and O–H groups in total. The Bertz CT molecular complexity index is 760. The van der Waals surface area contributed by atoms with Crippen molar-refractivity contribution in [1.82, 2.24) is 0 Å². The molecule has 170 valence electrons. The Labute approximate surface area is 208 Å². The quantitative estimate of drug-likeness (QED) is 0.158. The molecule has 0 atom stereocenters. The number of hydrogen-bond acceptors (Lipinski definition) is 0. The number of benzene rings is 2. The monoisotopic (exact) mass is 562 g/mol. The van der Waals surface area contributed by atoms with E-state index in [-0.39, 0.29) is 0 Å². The molecule has 2 aromatic rings. The lowest BCUT2D eigenvalue weighted by atomic mass is 10.1. The first-order chi connectivity index (χ1) is 15.1. The Morgan fingerprint density at radius 3 is 1.35 bits per heavy atom. The first kappa shape index (κ1) is 25.2. The van der Waals surface area contributed by atoms with Crippen LogP contribution in [-0.2, 0) is 0 Å². The standard InChI is InChI=1S/C28H40Br2Si/c1-3-5-7-9-11-13-19-31(20-14-12-10-8-6-4-2)27-17-15-23(29)21-25(27)26-22-24(30)16-18-28(26)31/h15-18,21-22H,3-14,19-20H2,1-2H3. The number of rotatable bonds is 14. The fourth-order valence-corrected chi connectivity index (χ4v) is 11.8. The first-order valence-electron chi connectivity index (χ1n) is 12.7. The highest BCUT2D eigenvalue weighted by molar-refractivity contribution is 9.10. The van der Waals surface area contributed by atoms with Gasteiger partial charge >= 0.3 is 0 Å². The second kappa shape index (κ2) is 12.7. The van der Waals surface area contributed by atoms with Crippen LogP contribution in [0.3, 0.4) is 0 Å². The molecule has 0 saturated carbocycles. The summed E-state index contributed by atoms with van der Waals surface area (Å²) in [5, 5.41) is 3.43. The van der Waals surface area contributed by atoms with Gasteiger partial charge in [-0.3, -0.25) is 0 Å². The van der Waals surface area contributed by atoms with E-state index in [9.17, 15) is 0 Å². The number of unbranched alkanes of at least 4 members (excludes halogenated alkanes) is 10. The molecule has 3 heteroatoms. The minimum atomic E-state index is -1.70. The van der Waals surface area contributed by atoms with Crippen LogP contribution in [0.25, 0.3) is 11.1 Å². The Balaban J connectivity index is 1.84. The Hall–Kier alpha value is -0.383. The molecular weight excluding hydrogens is 524 g/mol. The predicted octanol–water partition coefficient (Wildman–Crippen LogP) is 9.48. The molecule has 0 spiro atoms. The summed E-state index contributed by atoms with van der Waals surface area (Å²) in [5.41, 5.74) is 3.02. The molecule has 31 heavy (non-hydrogen) atoms. The third kappa shape index (κ3) is 6.36. The fourth-order valence-electron chi connectivity index (χ4n) is 5.54. The Kier molecular flexibility index (Phi) is 10.4. The molecule has 2 aromatic carbocycles. The molecule has 0 aliphatic carbocycles. The van der Waals surface area contributed by atoms with Gasteiger partial charge in [0, 0.05) is 8.95 Å². The van der Waals surface area contributed by atoms with Crippen molar-refractivity contribution in [3.05, 3.63) is 45.3 Å². The van der Waals surface area contributed by atoms with E-state index in [1.807, 2.05) is 0 Å². The first-order valence-corrected chi connectivity index (χ1v) is 16.7. The smallest absolute Gasteiger partial charge is 0.0654 e. The molecule has 1 heterocycles. The molecule has 3 rings (SSSR count). The van der Waals surface area contributed by atoms with Crippen molar-refractivity contribution in [3.63, 3.8) is 0 Å². The number of halogens is 2. The minimum Gasteiger partial charge on any atom is -0.0654 e. The summed E-state index contributed by atoms with van der Waals surface area (Å²) < 4.78 is 2.42. The molecule has 0 bridgehead atoms. The summed E-state index contributed by atoms with van der Waals surface area (Å²) in [5.74, 6) is 0. The summed E-state index contributed by atoms with van der Waals surface area (Å²) in [6, 6.07) is 17.2. The zero-order chi connectivity index (χ0) is 22.1. The zero-order valence-corrected chi connectivity index (χ0v) is 23.8. The van der Waals surface area contributed by atoms with E-state index in [0.717, 1.165) is 0 Å². The van der Waals surface area contributed by atoms with Crippen molar-refractivity contribution in [3.8, 4) is 11.1 Å². The van der Waals surface area contributed by atoms with Crippen LogP contribution < -0.4 is 10.4 Å². The van der Waals surface area contributed by atoms with E-state index >= 15 is 0 Å². The highest BCUT2D eigenvalue weighted by Gasteiger charge is 2.44. The van der Waals surface area contributed by atoms with Gasteiger partial charge in [-0.25, -0.2) is 0 Å². The third-order valence-corrected chi connectivity index (χ3v) is 13.5. The fraction of sp³-hybridized carbons (Fsp3) is 0.571. The zero-order valence-electron chi connectivity index (χ0n) is 19.6. The highest BCUT2D eigenvalue weighted by Crippen LogP contribution is 2.37. The van der Waals surface area contributed by atoms with Crippen LogP contribution in [0.4, 0.5) is 0 Å². The van der Waals surface area contributed by atoms with Crippen LogP contribution in [0.5, 0.6) is 0 Å². The molecule has 0 aromatic heterocycles. The van der Waals surface area contributed by atoms with Gasteiger partial charge in [-0.15, -0.1) is 0 Å². The molecule has 0 saturated heterocycles. The summed E-state index contributed by atoms with van der Waals surface area (Å²) in [4.78, 5) is 0. The van der Waals surface area contributed by atoms with E-state index in [4.69, 9.17) is 0 Å². The van der Waals surface area contributed by atoms with Crippen molar-refractivity contribution in [2.45, 2.75) is 103 Å². The maximum absolute atomic E-state index is 3.75. The number of hydrogen-bond donors (Lipinski definition) is 0.